The molecule has 0 fully saturated rings. The minimum absolute atomic E-state index is 0.0611. The molecule has 0 bridgehead atoms. The average molecular weight is 552 g/mol. The lowest BCUT2D eigenvalue weighted by Gasteiger charge is -2.23. The normalized spacial score (nSPS) is 11.7. The van der Waals surface area contributed by atoms with E-state index in [0.717, 1.165) is 12.8 Å². The van der Waals surface area contributed by atoms with Crippen LogP contribution in [0, 0.1) is 0 Å². The van der Waals surface area contributed by atoms with Crippen LogP contribution in [0.2, 0.25) is 0 Å². The Kier molecular flexibility index (Phi) is 23.3. The summed E-state index contributed by atoms with van der Waals surface area (Å²) in [6.07, 6.45) is 24.3. The van der Waals surface area contributed by atoms with Crippen molar-refractivity contribution in [3.05, 3.63) is 30.6 Å². The van der Waals surface area contributed by atoms with Crippen molar-refractivity contribution in [2.24, 2.45) is 0 Å². The molecule has 0 spiro atoms. The number of hydroxylamine groups is 2. The number of hydrogen-bond donors (Lipinski definition) is 0. The van der Waals surface area contributed by atoms with Crippen molar-refractivity contribution in [2.75, 3.05) is 33.5 Å². The molecule has 0 unspecified atom stereocenters. The Labute approximate surface area is 237 Å². The van der Waals surface area contributed by atoms with Crippen molar-refractivity contribution in [3.63, 3.8) is 0 Å². The van der Waals surface area contributed by atoms with Crippen molar-refractivity contribution in [1.82, 2.24) is 5.06 Å². The lowest BCUT2D eigenvalue weighted by atomic mass is 10.0. The van der Waals surface area contributed by atoms with Crippen LogP contribution in [0.15, 0.2) is 30.6 Å². The Morgan fingerprint density at radius 3 is 1.85 bits per heavy atom. The van der Waals surface area contributed by atoms with E-state index in [0.29, 0.717) is 26.1 Å². The Balaban J connectivity index is 2.08. The van der Waals surface area contributed by atoms with Crippen LogP contribution in [0.1, 0.15) is 110 Å². The van der Waals surface area contributed by atoms with Crippen LogP contribution in [0.25, 0.3) is 0 Å². The topological polar surface area (TPSA) is 78.2 Å². The van der Waals surface area contributed by atoms with Crippen LogP contribution >= 0.6 is 0 Å². The van der Waals surface area contributed by atoms with Crippen LogP contribution in [-0.2, 0) is 30.4 Å². The summed E-state index contributed by atoms with van der Waals surface area (Å²) in [6.45, 7) is 3.97. The number of methoxy groups -OCH3 is 1. The van der Waals surface area contributed by atoms with Gasteiger partial charge in [-0.25, -0.2) is 14.4 Å². The fourth-order valence-electron chi connectivity index (χ4n) is 4.42. The summed E-state index contributed by atoms with van der Waals surface area (Å²) in [4.78, 5) is 28.7. The maximum Gasteiger partial charge on any atom is 0.508 e. The molecule has 0 saturated carbocycles. The molecule has 0 N–H and O–H groups in total. The van der Waals surface area contributed by atoms with Crippen molar-refractivity contribution >= 4 is 12.6 Å². The molecule has 1 aromatic heterocycles. The molecule has 1 atom stereocenters. The van der Waals surface area contributed by atoms with Crippen LogP contribution in [0.3, 0.4) is 0 Å². The first-order chi connectivity index (χ1) is 19.2. The predicted octanol–water partition coefficient (Wildman–Crippen LogP) is 6.79. The molecule has 0 aliphatic rings. The minimum atomic E-state index is -0.793. The second kappa shape index (κ2) is 26.1. The van der Waals surface area contributed by atoms with Gasteiger partial charge in [0.15, 0.2) is 18.9 Å². The highest BCUT2D eigenvalue weighted by atomic mass is 16.7. The van der Waals surface area contributed by atoms with E-state index >= 15 is 0 Å². The molecule has 0 aromatic carbocycles. The van der Waals surface area contributed by atoms with E-state index < -0.39 is 12.3 Å². The molecule has 224 valence electrons. The van der Waals surface area contributed by atoms with Crippen molar-refractivity contribution in [3.8, 4) is 0 Å². The van der Waals surface area contributed by atoms with Gasteiger partial charge < -0.3 is 14.2 Å². The summed E-state index contributed by atoms with van der Waals surface area (Å²) in [6, 6.07) is 5.78. The third-order valence-corrected chi connectivity index (χ3v) is 6.76. The monoisotopic (exact) mass is 551 g/mol. The lowest BCUT2D eigenvalue weighted by molar-refractivity contribution is -0.697. The highest BCUT2D eigenvalue weighted by Crippen LogP contribution is 2.13. The smallest absolute Gasteiger partial charge is 0.438 e. The zero-order valence-corrected chi connectivity index (χ0v) is 24.7. The number of pyridine rings is 1. The minimum Gasteiger partial charge on any atom is -0.438 e. The van der Waals surface area contributed by atoms with E-state index in [-0.39, 0.29) is 13.2 Å². The number of ether oxygens (including phenoxy) is 3. The van der Waals surface area contributed by atoms with Gasteiger partial charge in [-0.3, -0.25) is 9.63 Å². The average Bonchev–Trinajstić information content (AvgIpc) is 2.97. The van der Waals surface area contributed by atoms with Gasteiger partial charge in [0.2, 0.25) is 6.41 Å². The number of carbonyl (C=O) groups excluding carboxylic acids is 2. The van der Waals surface area contributed by atoms with Crippen molar-refractivity contribution in [2.45, 2.75) is 122 Å². The van der Waals surface area contributed by atoms with Gasteiger partial charge in [0.1, 0.15) is 19.3 Å². The molecule has 1 amide bonds. The third-order valence-electron chi connectivity index (χ3n) is 6.76. The molecule has 1 heterocycles. The predicted molar refractivity (Wildman–Crippen MR) is 153 cm³/mol. The lowest BCUT2D eigenvalue weighted by Crippen LogP contribution is -2.42. The Hall–Kier alpha value is -2.19. The summed E-state index contributed by atoms with van der Waals surface area (Å²) in [5, 5.41) is 1.21. The molecule has 1 rings (SSSR count). The fraction of sp³-hybridized carbons (Fsp3) is 0.774. The van der Waals surface area contributed by atoms with Gasteiger partial charge in [0, 0.05) is 18.7 Å². The van der Waals surface area contributed by atoms with Gasteiger partial charge in [0.25, 0.3) is 0 Å². The number of amides is 1. The highest BCUT2D eigenvalue weighted by molar-refractivity contribution is 5.59. The van der Waals surface area contributed by atoms with Gasteiger partial charge in [-0.05, 0) is 6.42 Å². The second-order valence-electron chi connectivity index (χ2n) is 10.2. The summed E-state index contributed by atoms with van der Waals surface area (Å²) >= 11 is 0. The van der Waals surface area contributed by atoms with E-state index in [1.165, 1.54) is 102 Å². The summed E-state index contributed by atoms with van der Waals surface area (Å²) in [5.74, 6) is 0. The van der Waals surface area contributed by atoms with Crippen LogP contribution in [0.4, 0.5) is 4.79 Å². The molecular weight excluding hydrogens is 496 g/mol. The van der Waals surface area contributed by atoms with Gasteiger partial charge >= 0.3 is 6.16 Å². The number of carbonyl (C=O) groups is 2. The fourth-order valence-corrected chi connectivity index (χ4v) is 4.42. The van der Waals surface area contributed by atoms with Crippen molar-refractivity contribution < 1.29 is 33.2 Å². The zero-order valence-electron chi connectivity index (χ0n) is 24.7. The van der Waals surface area contributed by atoms with Crippen LogP contribution in [0.5, 0.6) is 0 Å². The Morgan fingerprint density at radius 1 is 0.795 bits per heavy atom. The Bertz CT molecular complexity index is 691. The van der Waals surface area contributed by atoms with Crippen LogP contribution < -0.4 is 4.57 Å². The summed E-state index contributed by atoms with van der Waals surface area (Å²) in [7, 11) is 1.25. The maximum atomic E-state index is 11.5. The zero-order chi connectivity index (χ0) is 28.2. The maximum absolute atomic E-state index is 11.5. The molecule has 8 nitrogen and oxygen atoms in total. The van der Waals surface area contributed by atoms with E-state index in [1.54, 1.807) is 0 Å². The number of unbranched alkanes of at least 4 members (excludes halogenated alkanes) is 15. The molecule has 0 aliphatic heterocycles. The van der Waals surface area contributed by atoms with E-state index in [2.05, 4.69) is 11.7 Å². The second-order valence-corrected chi connectivity index (χ2v) is 10.2. The SMILES string of the molecule is CCCCCCCCCCCCCCCCCCOC[C@H](COC(=O)OC)ON(C=O)CC[n+]1ccccc1. The van der Waals surface area contributed by atoms with Gasteiger partial charge in [-0.2, -0.15) is 0 Å². The summed E-state index contributed by atoms with van der Waals surface area (Å²) < 4.78 is 17.3. The quantitative estimate of drug-likeness (QED) is 0.0394. The molecular formula is C31H55N2O6+. The third kappa shape index (κ3) is 21.3. The van der Waals surface area contributed by atoms with Gasteiger partial charge in [-0.15, -0.1) is 0 Å². The largest absolute Gasteiger partial charge is 0.508 e. The first-order valence-corrected chi connectivity index (χ1v) is 15.3. The van der Waals surface area contributed by atoms with Gasteiger partial charge in [-0.1, -0.05) is 109 Å². The molecule has 0 aliphatic carbocycles. The number of hydrogen-bond acceptors (Lipinski definition) is 6. The standard InChI is InChI=1S/C31H55N2O6/c1-3-4-5-6-7-8-9-10-11-12-13-14-15-16-17-21-26-37-27-30(28-38-31(35)36-2)39-33(29-34)25-24-32-22-19-18-20-23-32/h18-20,22-23,29-30H,3-17,21,24-28H2,1-2H3/q+1/t30-/m1/s1. The summed E-state index contributed by atoms with van der Waals surface area (Å²) in [5.41, 5.74) is 0. The number of aromatic nitrogens is 1. The molecule has 39 heavy (non-hydrogen) atoms. The van der Waals surface area contributed by atoms with Crippen molar-refractivity contribution in [1.29, 1.82) is 0 Å². The molecule has 0 saturated heterocycles. The van der Waals surface area contributed by atoms with Gasteiger partial charge in [0.05, 0.1) is 13.7 Å². The van der Waals surface area contributed by atoms with E-state index in [9.17, 15) is 9.59 Å². The van der Waals surface area contributed by atoms with E-state index in [4.69, 9.17) is 14.3 Å². The molecule has 8 heteroatoms. The Morgan fingerprint density at radius 2 is 1.33 bits per heavy atom. The van der Waals surface area contributed by atoms with Crippen LogP contribution in [-0.4, -0.2) is 57.2 Å². The first-order valence-electron chi connectivity index (χ1n) is 15.3. The first kappa shape index (κ1) is 34.8. The van der Waals surface area contributed by atoms with E-state index in [1.807, 2.05) is 35.2 Å². The highest BCUT2D eigenvalue weighted by Gasteiger charge is 2.18. The molecule has 1 aromatic rings. The number of nitrogens with zero attached hydrogens (tertiary/aromatic N) is 2. The number of rotatable bonds is 27. The molecule has 0 radical (unpaired) electrons.